The molecule has 0 aliphatic heterocycles. The maximum absolute atomic E-state index is 10.2. The van der Waals surface area contributed by atoms with Crippen LogP contribution in [0.25, 0.3) is 0 Å². The van der Waals surface area contributed by atoms with Gasteiger partial charge in [-0.2, -0.15) is 0 Å². The largest absolute Gasteiger partial charge is 0.390 e. The minimum atomic E-state index is -0.519. The van der Waals surface area contributed by atoms with E-state index in [0.29, 0.717) is 16.9 Å². The lowest BCUT2D eigenvalue weighted by Crippen LogP contribution is -2.58. The first kappa shape index (κ1) is 24.5. The highest BCUT2D eigenvalue weighted by atomic mass is 16.3. The molecule has 3 fully saturated rings. The standard InChI is InChI=1S/C32H50NO/c1-23(11-10-19-30(2,3)34)26-16-17-27-25-15-14-24-12-9-13-29(33-21-7-6-8-22-33)32(24,5)28(25)18-20-31(26,27)4/h6-8,14,21-23,25-29,34H,9-13,15-20H2,1-5H3/q+1/t23-,25+,26-,27+,28+,29?,31-,32+/m1/s1. The van der Waals surface area contributed by atoms with Gasteiger partial charge in [0.05, 0.1) is 11.0 Å². The quantitative estimate of drug-likeness (QED) is 0.339. The maximum atomic E-state index is 10.2. The van der Waals surface area contributed by atoms with Gasteiger partial charge in [0.1, 0.15) is 0 Å². The molecule has 1 N–H and O–H groups in total. The first-order chi connectivity index (χ1) is 16.1. The van der Waals surface area contributed by atoms with Crippen LogP contribution in [0, 0.1) is 40.4 Å². The van der Waals surface area contributed by atoms with Crippen molar-refractivity contribution in [3.63, 3.8) is 0 Å². The SMILES string of the molecule is C[C@H](CCCC(C)(C)O)[C@H]1CC[C@H]2[C@@H]3CC=C4CCCC([n+]5ccccc5)[C@]4(C)[C@H]3CC[C@]12C. The van der Waals surface area contributed by atoms with Gasteiger partial charge in [-0.1, -0.05) is 44.4 Å². The zero-order chi connectivity index (χ0) is 24.1. The summed E-state index contributed by atoms with van der Waals surface area (Å²) in [6.07, 6.45) is 21.8. The molecule has 1 unspecified atom stereocenters. The summed E-state index contributed by atoms with van der Waals surface area (Å²) >= 11 is 0. The molecule has 188 valence electrons. The van der Waals surface area contributed by atoms with Crippen molar-refractivity contribution in [3.8, 4) is 0 Å². The van der Waals surface area contributed by atoms with E-state index in [0.717, 1.165) is 42.4 Å². The predicted molar refractivity (Wildman–Crippen MR) is 140 cm³/mol. The fourth-order valence-electron chi connectivity index (χ4n) is 9.83. The van der Waals surface area contributed by atoms with E-state index in [4.69, 9.17) is 0 Å². The van der Waals surface area contributed by atoms with E-state index in [1.165, 1.54) is 57.8 Å². The van der Waals surface area contributed by atoms with Gasteiger partial charge < -0.3 is 5.11 Å². The number of hydrogen-bond acceptors (Lipinski definition) is 1. The van der Waals surface area contributed by atoms with Crippen LogP contribution in [0.5, 0.6) is 0 Å². The third-order valence-electron chi connectivity index (χ3n) is 11.5. The van der Waals surface area contributed by atoms with E-state index in [1.807, 2.05) is 13.8 Å². The molecule has 0 saturated heterocycles. The predicted octanol–water partition coefficient (Wildman–Crippen LogP) is 7.67. The number of allylic oxidation sites excluding steroid dienone is 2. The molecule has 0 bridgehead atoms. The Labute approximate surface area is 209 Å². The van der Waals surface area contributed by atoms with Crippen molar-refractivity contribution in [2.24, 2.45) is 40.4 Å². The van der Waals surface area contributed by atoms with Gasteiger partial charge in [-0.05, 0) is 107 Å². The fraction of sp³-hybridized carbons (Fsp3) is 0.781. The molecular formula is C32H50NO+. The van der Waals surface area contributed by atoms with Crippen LogP contribution in [0.4, 0.5) is 0 Å². The van der Waals surface area contributed by atoms with Crippen LogP contribution in [-0.2, 0) is 0 Å². The molecule has 4 aliphatic carbocycles. The number of pyridine rings is 1. The summed E-state index contributed by atoms with van der Waals surface area (Å²) < 4.78 is 2.56. The van der Waals surface area contributed by atoms with E-state index in [9.17, 15) is 5.11 Å². The van der Waals surface area contributed by atoms with Crippen molar-refractivity contribution in [2.75, 3.05) is 0 Å². The Hall–Kier alpha value is -1.15. The van der Waals surface area contributed by atoms with Crippen molar-refractivity contribution < 1.29 is 9.67 Å². The number of fused-ring (bicyclic) bond motifs is 5. The molecule has 3 saturated carbocycles. The van der Waals surface area contributed by atoms with Crippen molar-refractivity contribution in [1.82, 2.24) is 0 Å². The van der Waals surface area contributed by atoms with Crippen LogP contribution in [0.15, 0.2) is 42.2 Å². The lowest BCUT2D eigenvalue weighted by molar-refractivity contribution is -0.739. The lowest BCUT2D eigenvalue weighted by Gasteiger charge is -2.58. The average Bonchev–Trinajstić information content (AvgIpc) is 3.15. The Morgan fingerprint density at radius 3 is 2.56 bits per heavy atom. The Kier molecular flexibility index (Phi) is 6.54. The zero-order valence-electron chi connectivity index (χ0n) is 22.6. The van der Waals surface area contributed by atoms with Gasteiger partial charge in [-0.25, -0.2) is 4.57 Å². The second-order valence-electron chi connectivity index (χ2n) is 13.8. The summed E-state index contributed by atoms with van der Waals surface area (Å²) in [6.45, 7) is 11.8. The monoisotopic (exact) mass is 464 g/mol. The molecule has 0 aromatic carbocycles. The first-order valence-corrected chi connectivity index (χ1v) is 14.5. The zero-order valence-corrected chi connectivity index (χ0v) is 22.6. The Balaban J connectivity index is 1.37. The molecule has 5 rings (SSSR count). The van der Waals surface area contributed by atoms with Crippen LogP contribution in [0.2, 0.25) is 0 Å². The average molecular weight is 465 g/mol. The van der Waals surface area contributed by atoms with Crippen molar-refractivity contribution in [3.05, 3.63) is 42.2 Å². The highest BCUT2D eigenvalue weighted by Crippen LogP contribution is 2.68. The third kappa shape index (κ3) is 4.10. The molecule has 1 heterocycles. The molecule has 8 atom stereocenters. The second kappa shape index (κ2) is 9.06. The number of aliphatic hydroxyl groups is 1. The van der Waals surface area contributed by atoms with Gasteiger partial charge >= 0.3 is 0 Å². The van der Waals surface area contributed by atoms with Crippen LogP contribution >= 0.6 is 0 Å². The van der Waals surface area contributed by atoms with Gasteiger partial charge in [0.15, 0.2) is 18.4 Å². The van der Waals surface area contributed by atoms with E-state index in [-0.39, 0.29) is 0 Å². The number of nitrogens with zero attached hydrogens (tertiary/aromatic N) is 1. The molecule has 34 heavy (non-hydrogen) atoms. The molecule has 2 nitrogen and oxygen atoms in total. The first-order valence-electron chi connectivity index (χ1n) is 14.5. The highest BCUT2D eigenvalue weighted by molar-refractivity contribution is 5.25. The Morgan fingerprint density at radius 1 is 1.06 bits per heavy atom. The number of rotatable bonds is 6. The van der Waals surface area contributed by atoms with E-state index in [2.05, 4.69) is 62.0 Å². The van der Waals surface area contributed by atoms with Crippen molar-refractivity contribution in [2.45, 2.75) is 117 Å². The van der Waals surface area contributed by atoms with E-state index >= 15 is 0 Å². The molecule has 0 spiro atoms. The normalized spacial score (nSPS) is 40.6. The van der Waals surface area contributed by atoms with Crippen LogP contribution < -0.4 is 4.57 Å². The van der Waals surface area contributed by atoms with Crippen molar-refractivity contribution in [1.29, 1.82) is 0 Å². The van der Waals surface area contributed by atoms with Crippen LogP contribution in [0.3, 0.4) is 0 Å². The van der Waals surface area contributed by atoms with E-state index < -0.39 is 5.60 Å². The minimum absolute atomic E-state index is 0.324. The third-order valence-corrected chi connectivity index (χ3v) is 11.5. The fourth-order valence-corrected chi connectivity index (χ4v) is 9.83. The molecular weight excluding hydrogens is 414 g/mol. The minimum Gasteiger partial charge on any atom is -0.390 e. The summed E-state index contributed by atoms with van der Waals surface area (Å²) in [6, 6.07) is 7.22. The van der Waals surface area contributed by atoms with Crippen LogP contribution in [-0.4, -0.2) is 10.7 Å². The molecule has 1 aromatic rings. The van der Waals surface area contributed by atoms with Gasteiger partial charge in [0, 0.05) is 18.6 Å². The Bertz CT molecular complexity index is 884. The highest BCUT2D eigenvalue weighted by Gasteiger charge is 2.62. The summed E-state index contributed by atoms with van der Waals surface area (Å²) in [5, 5.41) is 10.2. The lowest BCUT2D eigenvalue weighted by atomic mass is 9.46. The summed E-state index contributed by atoms with van der Waals surface area (Å²) in [4.78, 5) is 0. The van der Waals surface area contributed by atoms with Gasteiger partial charge in [-0.15, -0.1) is 0 Å². The molecule has 1 aromatic heterocycles. The number of aromatic nitrogens is 1. The van der Waals surface area contributed by atoms with Crippen molar-refractivity contribution >= 4 is 0 Å². The van der Waals surface area contributed by atoms with Gasteiger partial charge in [0.25, 0.3) is 0 Å². The summed E-state index contributed by atoms with van der Waals surface area (Å²) in [5.74, 6) is 4.25. The topological polar surface area (TPSA) is 24.1 Å². The smallest absolute Gasteiger partial charge is 0.169 e. The second-order valence-corrected chi connectivity index (χ2v) is 13.8. The maximum Gasteiger partial charge on any atom is 0.169 e. The Morgan fingerprint density at radius 2 is 1.82 bits per heavy atom. The molecule has 2 heteroatoms. The van der Waals surface area contributed by atoms with E-state index in [1.54, 1.807) is 5.57 Å². The van der Waals surface area contributed by atoms with Gasteiger partial charge in [0.2, 0.25) is 0 Å². The molecule has 4 aliphatic rings. The summed E-state index contributed by atoms with van der Waals surface area (Å²) in [7, 11) is 0. The number of hydrogen-bond donors (Lipinski definition) is 1. The van der Waals surface area contributed by atoms with Gasteiger partial charge in [-0.3, -0.25) is 0 Å². The summed E-state index contributed by atoms with van der Waals surface area (Å²) in [5.41, 5.74) is 2.11. The molecule has 0 radical (unpaired) electrons. The molecule has 0 amide bonds. The van der Waals surface area contributed by atoms with Crippen LogP contribution in [0.1, 0.15) is 111 Å².